The lowest BCUT2D eigenvalue weighted by Gasteiger charge is -2.33. The van der Waals surface area contributed by atoms with Crippen molar-refractivity contribution in [3.63, 3.8) is 0 Å². The second-order valence-corrected chi connectivity index (χ2v) is 22.1. The van der Waals surface area contributed by atoms with Gasteiger partial charge in [-0.1, -0.05) is 226 Å². The minimum atomic E-state index is -0.0894. The van der Waals surface area contributed by atoms with Crippen LogP contribution >= 0.6 is 11.3 Å². The third kappa shape index (κ3) is 7.92. The van der Waals surface area contributed by atoms with Crippen molar-refractivity contribution in [3.05, 3.63) is 211 Å². The van der Waals surface area contributed by atoms with E-state index in [9.17, 15) is 0 Å². The summed E-state index contributed by atoms with van der Waals surface area (Å²) in [4.78, 5) is 2.58. The van der Waals surface area contributed by atoms with E-state index in [2.05, 4.69) is 261 Å². The zero-order chi connectivity index (χ0) is 46.0. The van der Waals surface area contributed by atoms with Gasteiger partial charge >= 0.3 is 0 Å². The maximum Gasteiger partial charge on any atom is 0.0543 e. The SMILES string of the molecule is CC(C)(C)c1cc(-c2cccc3cccc(-c4ccccc4N(c4cc(C(C)(C)C)ccc4-c4ccccc4)c4ccccc4-c4cccc5sc6ccccc6c45)c23)cc(C(C)(C)C)c1. The van der Waals surface area contributed by atoms with Crippen molar-refractivity contribution in [3.8, 4) is 44.5 Å². The molecule has 1 aromatic heterocycles. The summed E-state index contributed by atoms with van der Waals surface area (Å²) < 4.78 is 2.60. The highest BCUT2D eigenvalue weighted by atomic mass is 32.1. The third-order valence-corrected chi connectivity index (χ3v) is 14.5. The Kier molecular flexibility index (Phi) is 10.9. The zero-order valence-corrected chi connectivity index (χ0v) is 40.6. The van der Waals surface area contributed by atoms with Gasteiger partial charge in [-0.05, 0) is 102 Å². The van der Waals surface area contributed by atoms with Crippen LogP contribution in [0.2, 0.25) is 0 Å². The van der Waals surface area contributed by atoms with E-state index in [0.717, 1.165) is 17.1 Å². The van der Waals surface area contributed by atoms with E-state index >= 15 is 0 Å². The number of anilines is 3. The predicted molar refractivity (Wildman–Crippen MR) is 289 cm³/mol. The highest BCUT2D eigenvalue weighted by molar-refractivity contribution is 7.25. The predicted octanol–water partition coefficient (Wildman–Crippen LogP) is 19.2. The summed E-state index contributed by atoms with van der Waals surface area (Å²) in [5, 5.41) is 5.08. The maximum atomic E-state index is 2.58. The molecule has 0 aliphatic rings. The van der Waals surface area contributed by atoms with Gasteiger partial charge in [0.1, 0.15) is 0 Å². The van der Waals surface area contributed by atoms with Gasteiger partial charge in [0.2, 0.25) is 0 Å². The van der Waals surface area contributed by atoms with Crippen molar-refractivity contribution in [2.24, 2.45) is 0 Å². The van der Waals surface area contributed by atoms with Gasteiger partial charge < -0.3 is 4.90 Å². The highest BCUT2D eigenvalue weighted by Gasteiger charge is 2.28. The summed E-state index contributed by atoms with van der Waals surface area (Å²) in [5.74, 6) is 0. The highest BCUT2D eigenvalue weighted by Crippen LogP contribution is 2.52. The van der Waals surface area contributed by atoms with Gasteiger partial charge in [-0.3, -0.25) is 0 Å². The first kappa shape index (κ1) is 43.2. The summed E-state index contributed by atoms with van der Waals surface area (Å²) in [6.07, 6.45) is 0. The van der Waals surface area contributed by atoms with Gasteiger partial charge in [0.15, 0.2) is 0 Å². The fourth-order valence-electron chi connectivity index (χ4n) is 9.68. The maximum absolute atomic E-state index is 2.58. The Morgan fingerprint density at radius 1 is 0.318 bits per heavy atom. The topological polar surface area (TPSA) is 3.24 Å². The van der Waals surface area contributed by atoms with Gasteiger partial charge in [-0.15, -0.1) is 11.3 Å². The normalized spacial score (nSPS) is 12.3. The van der Waals surface area contributed by atoms with Crippen molar-refractivity contribution < 1.29 is 0 Å². The fraction of sp³-hybridized carbons (Fsp3) is 0.188. The number of rotatable bonds is 7. The molecule has 10 aromatic rings. The van der Waals surface area contributed by atoms with E-state index in [1.807, 2.05) is 11.3 Å². The Labute approximate surface area is 396 Å². The number of hydrogen-bond donors (Lipinski definition) is 0. The van der Waals surface area contributed by atoms with Gasteiger partial charge in [0, 0.05) is 36.9 Å². The van der Waals surface area contributed by atoms with Crippen LogP contribution in [-0.4, -0.2) is 0 Å². The molecule has 0 N–H and O–H groups in total. The van der Waals surface area contributed by atoms with Crippen molar-refractivity contribution in [1.29, 1.82) is 0 Å². The van der Waals surface area contributed by atoms with Crippen molar-refractivity contribution in [1.82, 2.24) is 0 Å². The summed E-state index contributed by atoms with van der Waals surface area (Å²) in [5.41, 5.74) is 16.9. The zero-order valence-electron chi connectivity index (χ0n) is 39.8. The smallest absolute Gasteiger partial charge is 0.0543 e. The van der Waals surface area contributed by atoms with E-state index in [0.29, 0.717) is 0 Å². The quantitative estimate of drug-likeness (QED) is 0.154. The van der Waals surface area contributed by atoms with Gasteiger partial charge in [-0.25, -0.2) is 0 Å². The lowest BCUT2D eigenvalue weighted by atomic mass is 9.78. The average molecular weight is 874 g/mol. The van der Waals surface area contributed by atoms with Crippen molar-refractivity contribution in [2.75, 3.05) is 4.90 Å². The molecule has 0 bridgehead atoms. The minimum absolute atomic E-state index is 0.0123. The van der Waals surface area contributed by atoms with Gasteiger partial charge in [0.05, 0.1) is 17.1 Å². The molecule has 0 saturated carbocycles. The molecule has 10 rings (SSSR count). The van der Waals surface area contributed by atoms with Crippen LogP contribution in [0.25, 0.3) is 75.5 Å². The van der Waals surface area contributed by atoms with E-state index in [-0.39, 0.29) is 16.2 Å². The second-order valence-electron chi connectivity index (χ2n) is 21.0. The molecule has 0 amide bonds. The van der Waals surface area contributed by atoms with E-state index in [4.69, 9.17) is 0 Å². The molecule has 0 radical (unpaired) electrons. The van der Waals surface area contributed by atoms with Crippen LogP contribution in [0.5, 0.6) is 0 Å². The monoisotopic (exact) mass is 873 g/mol. The second kappa shape index (κ2) is 16.6. The minimum Gasteiger partial charge on any atom is -0.309 e. The number of benzene rings is 9. The molecular formula is C64H59NS. The molecule has 0 aliphatic heterocycles. The Bertz CT molecular complexity index is 3380. The Morgan fingerprint density at radius 3 is 1.44 bits per heavy atom. The average Bonchev–Trinajstić information content (AvgIpc) is 3.70. The van der Waals surface area contributed by atoms with Gasteiger partial charge in [0.25, 0.3) is 0 Å². The first-order chi connectivity index (χ1) is 31.6. The fourth-order valence-corrected chi connectivity index (χ4v) is 10.8. The molecule has 9 aromatic carbocycles. The Morgan fingerprint density at radius 2 is 0.818 bits per heavy atom. The van der Waals surface area contributed by atoms with Crippen LogP contribution in [0.1, 0.15) is 79.0 Å². The molecule has 0 saturated heterocycles. The molecule has 0 spiro atoms. The number of para-hydroxylation sites is 2. The van der Waals surface area contributed by atoms with Crippen LogP contribution in [0.15, 0.2) is 194 Å². The molecule has 0 aliphatic carbocycles. The number of hydrogen-bond acceptors (Lipinski definition) is 2. The standard InChI is InChI=1S/C64H59NS/c1-62(2,3)45-36-37-48(42-22-11-10-12-23-42)57(41-45)65(56-33-17-14-27-51(56)53-31-21-35-59-61(53)54-28-15-18-34-58(54)66-59)55-32-16-13-26-50(55)52-30-20-25-43-24-19-29-49(60(43)52)44-38-46(63(4,5)6)40-47(39-44)64(7,8)9/h10-41H,1-9H3. The van der Waals surface area contributed by atoms with E-state index in [1.54, 1.807) is 0 Å². The van der Waals surface area contributed by atoms with Crippen molar-refractivity contribution >= 4 is 59.3 Å². The summed E-state index contributed by atoms with van der Waals surface area (Å²) in [6, 6.07) is 72.9. The Hall–Kier alpha value is -6.74. The lowest BCUT2D eigenvalue weighted by Crippen LogP contribution is -2.17. The largest absolute Gasteiger partial charge is 0.309 e. The summed E-state index contributed by atoms with van der Waals surface area (Å²) in [6.45, 7) is 20.9. The molecule has 1 nitrogen and oxygen atoms in total. The molecule has 66 heavy (non-hydrogen) atoms. The molecule has 2 heteroatoms. The molecule has 0 unspecified atom stereocenters. The molecular weight excluding hydrogens is 815 g/mol. The third-order valence-electron chi connectivity index (χ3n) is 13.3. The van der Waals surface area contributed by atoms with Crippen LogP contribution in [0.3, 0.4) is 0 Å². The molecule has 0 atom stereocenters. The first-order valence-electron chi connectivity index (χ1n) is 23.4. The Balaban J connectivity index is 1.31. The van der Waals surface area contributed by atoms with Crippen LogP contribution < -0.4 is 4.90 Å². The van der Waals surface area contributed by atoms with Crippen LogP contribution in [0.4, 0.5) is 17.1 Å². The van der Waals surface area contributed by atoms with E-state index < -0.39 is 0 Å². The van der Waals surface area contributed by atoms with E-state index in [1.165, 1.54) is 92.1 Å². The number of fused-ring (bicyclic) bond motifs is 4. The molecule has 0 fully saturated rings. The molecule has 326 valence electrons. The van der Waals surface area contributed by atoms with Gasteiger partial charge in [-0.2, -0.15) is 0 Å². The first-order valence-corrected chi connectivity index (χ1v) is 24.2. The molecule has 1 heterocycles. The van der Waals surface area contributed by atoms with Crippen LogP contribution in [-0.2, 0) is 16.2 Å². The lowest BCUT2D eigenvalue weighted by molar-refractivity contribution is 0.569. The summed E-state index contributed by atoms with van der Waals surface area (Å²) >= 11 is 1.87. The number of thiophene rings is 1. The summed E-state index contributed by atoms with van der Waals surface area (Å²) in [7, 11) is 0. The van der Waals surface area contributed by atoms with Crippen LogP contribution in [0, 0.1) is 0 Å². The van der Waals surface area contributed by atoms with Crippen molar-refractivity contribution in [2.45, 2.75) is 78.6 Å². The number of nitrogens with zero attached hydrogens (tertiary/aromatic N) is 1.